The molecular formula is C12H21N3O2. The molecule has 17 heavy (non-hydrogen) atoms. The lowest BCUT2D eigenvalue weighted by Crippen LogP contribution is -2.30. The summed E-state index contributed by atoms with van der Waals surface area (Å²) in [5, 5.41) is 4.21. The van der Waals surface area contributed by atoms with E-state index in [-0.39, 0.29) is 5.97 Å². The van der Waals surface area contributed by atoms with Crippen molar-refractivity contribution in [2.75, 3.05) is 19.7 Å². The fraction of sp³-hybridized carbons (Fsp3) is 0.667. The summed E-state index contributed by atoms with van der Waals surface area (Å²) in [4.78, 5) is 13.4. The van der Waals surface area contributed by atoms with Crippen LogP contribution in [0.15, 0.2) is 12.4 Å². The van der Waals surface area contributed by atoms with E-state index in [1.165, 1.54) is 0 Å². The highest BCUT2D eigenvalue weighted by molar-refractivity contribution is 5.71. The SMILES string of the molecule is CCOC(=O)CN(CC)Cc1cnn(CC)c1. The quantitative estimate of drug-likeness (QED) is 0.673. The summed E-state index contributed by atoms with van der Waals surface area (Å²) in [6, 6.07) is 0. The van der Waals surface area contributed by atoms with Gasteiger partial charge in [0.2, 0.25) is 0 Å². The van der Waals surface area contributed by atoms with Gasteiger partial charge in [-0.1, -0.05) is 6.92 Å². The Bertz CT molecular complexity index is 349. The predicted octanol–water partition coefficient (Wildman–Crippen LogP) is 1.29. The Morgan fingerprint density at radius 2 is 2.24 bits per heavy atom. The minimum Gasteiger partial charge on any atom is -0.465 e. The molecule has 0 atom stereocenters. The topological polar surface area (TPSA) is 47.4 Å². The first kappa shape index (κ1) is 13.7. The second-order valence-corrected chi connectivity index (χ2v) is 3.81. The van der Waals surface area contributed by atoms with E-state index in [0.29, 0.717) is 13.2 Å². The van der Waals surface area contributed by atoms with Crippen LogP contribution in [0.5, 0.6) is 0 Å². The second-order valence-electron chi connectivity index (χ2n) is 3.81. The van der Waals surface area contributed by atoms with Gasteiger partial charge in [0.1, 0.15) is 0 Å². The zero-order valence-corrected chi connectivity index (χ0v) is 10.8. The Morgan fingerprint density at radius 3 is 2.76 bits per heavy atom. The Kier molecular flexibility index (Phi) is 5.69. The van der Waals surface area contributed by atoms with Crippen LogP contribution in [-0.2, 0) is 22.6 Å². The second kappa shape index (κ2) is 7.06. The molecule has 0 aliphatic rings. The average Bonchev–Trinajstić information content (AvgIpc) is 2.76. The third-order valence-electron chi connectivity index (χ3n) is 2.52. The monoisotopic (exact) mass is 239 g/mol. The first-order valence-corrected chi connectivity index (χ1v) is 6.08. The number of aryl methyl sites for hydroxylation is 1. The van der Waals surface area contributed by atoms with Crippen LogP contribution in [0, 0.1) is 0 Å². The van der Waals surface area contributed by atoms with E-state index in [1.54, 1.807) is 0 Å². The number of aromatic nitrogens is 2. The number of rotatable bonds is 7. The Morgan fingerprint density at radius 1 is 1.47 bits per heavy atom. The van der Waals surface area contributed by atoms with Gasteiger partial charge >= 0.3 is 5.97 Å². The van der Waals surface area contributed by atoms with Crippen molar-refractivity contribution in [1.29, 1.82) is 0 Å². The van der Waals surface area contributed by atoms with Crippen molar-refractivity contribution >= 4 is 5.97 Å². The van der Waals surface area contributed by atoms with Gasteiger partial charge in [-0.25, -0.2) is 0 Å². The molecule has 1 aromatic heterocycles. The van der Waals surface area contributed by atoms with E-state index < -0.39 is 0 Å². The van der Waals surface area contributed by atoms with Crippen LogP contribution < -0.4 is 0 Å². The summed E-state index contributed by atoms with van der Waals surface area (Å²) in [5.74, 6) is -0.169. The van der Waals surface area contributed by atoms with E-state index in [4.69, 9.17) is 4.74 Å². The molecular weight excluding hydrogens is 218 g/mol. The first-order valence-electron chi connectivity index (χ1n) is 6.08. The van der Waals surface area contributed by atoms with E-state index in [2.05, 4.69) is 5.10 Å². The van der Waals surface area contributed by atoms with Crippen molar-refractivity contribution in [3.63, 3.8) is 0 Å². The van der Waals surface area contributed by atoms with Gasteiger partial charge in [0.15, 0.2) is 0 Å². The zero-order valence-electron chi connectivity index (χ0n) is 10.8. The maximum Gasteiger partial charge on any atom is 0.320 e. The van der Waals surface area contributed by atoms with Crippen molar-refractivity contribution in [3.05, 3.63) is 18.0 Å². The number of hydrogen-bond donors (Lipinski definition) is 0. The van der Waals surface area contributed by atoms with Gasteiger partial charge in [0.05, 0.1) is 19.3 Å². The molecule has 0 radical (unpaired) electrons. The molecule has 1 aromatic rings. The van der Waals surface area contributed by atoms with Gasteiger partial charge in [0, 0.05) is 24.8 Å². The maximum absolute atomic E-state index is 11.4. The van der Waals surface area contributed by atoms with Crippen molar-refractivity contribution in [2.45, 2.75) is 33.9 Å². The molecule has 0 aromatic carbocycles. The molecule has 5 nitrogen and oxygen atoms in total. The smallest absolute Gasteiger partial charge is 0.320 e. The summed E-state index contributed by atoms with van der Waals surface area (Å²) in [6.07, 6.45) is 3.85. The molecule has 0 spiro atoms. The fourth-order valence-electron chi connectivity index (χ4n) is 1.59. The highest BCUT2D eigenvalue weighted by Crippen LogP contribution is 2.03. The first-order chi connectivity index (χ1) is 8.19. The van der Waals surface area contributed by atoms with Crippen LogP contribution in [0.1, 0.15) is 26.3 Å². The summed E-state index contributed by atoms with van der Waals surface area (Å²) in [6.45, 7) is 9.08. The zero-order chi connectivity index (χ0) is 12.7. The minimum absolute atomic E-state index is 0.169. The van der Waals surface area contributed by atoms with Crippen molar-refractivity contribution in [1.82, 2.24) is 14.7 Å². The lowest BCUT2D eigenvalue weighted by molar-refractivity contribution is -0.144. The highest BCUT2D eigenvalue weighted by atomic mass is 16.5. The Labute approximate surface area is 102 Å². The third kappa shape index (κ3) is 4.56. The minimum atomic E-state index is -0.169. The lowest BCUT2D eigenvalue weighted by Gasteiger charge is -2.18. The molecule has 1 heterocycles. The van der Waals surface area contributed by atoms with E-state index in [1.807, 2.05) is 42.7 Å². The predicted molar refractivity (Wildman–Crippen MR) is 65.5 cm³/mol. The van der Waals surface area contributed by atoms with Gasteiger partial charge in [-0.3, -0.25) is 14.4 Å². The molecule has 96 valence electrons. The van der Waals surface area contributed by atoms with Crippen LogP contribution in [0.2, 0.25) is 0 Å². The van der Waals surface area contributed by atoms with Crippen molar-refractivity contribution < 1.29 is 9.53 Å². The fourth-order valence-corrected chi connectivity index (χ4v) is 1.59. The molecule has 0 unspecified atom stereocenters. The number of likely N-dealkylation sites (N-methyl/N-ethyl adjacent to an activating group) is 1. The summed E-state index contributed by atoms with van der Waals surface area (Å²) >= 11 is 0. The number of esters is 1. The Hall–Kier alpha value is -1.36. The number of nitrogens with zero attached hydrogens (tertiary/aromatic N) is 3. The molecule has 0 N–H and O–H groups in total. The number of hydrogen-bond acceptors (Lipinski definition) is 4. The molecule has 0 amide bonds. The van der Waals surface area contributed by atoms with Crippen molar-refractivity contribution in [2.24, 2.45) is 0 Å². The number of carbonyl (C=O) groups excluding carboxylic acids is 1. The summed E-state index contributed by atoms with van der Waals surface area (Å²) in [7, 11) is 0. The van der Waals surface area contributed by atoms with Crippen LogP contribution in [0.4, 0.5) is 0 Å². The molecule has 0 aliphatic carbocycles. The van der Waals surface area contributed by atoms with Crippen LogP contribution >= 0.6 is 0 Å². The van der Waals surface area contributed by atoms with E-state index >= 15 is 0 Å². The van der Waals surface area contributed by atoms with Gasteiger partial charge in [-0.05, 0) is 20.4 Å². The van der Waals surface area contributed by atoms with Crippen LogP contribution in [0.3, 0.4) is 0 Å². The molecule has 0 fully saturated rings. The number of ether oxygens (including phenoxy) is 1. The molecule has 0 saturated heterocycles. The number of carbonyl (C=O) groups is 1. The Balaban J connectivity index is 2.48. The largest absolute Gasteiger partial charge is 0.465 e. The summed E-state index contributed by atoms with van der Waals surface area (Å²) in [5.41, 5.74) is 1.12. The average molecular weight is 239 g/mol. The molecule has 0 bridgehead atoms. The van der Waals surface area contributed by atoms with Gasteiger partial charge in [-0.2, -0.15) is 5.10 Å². The molecule has 0 saturated carbocycles. The normalized spacial score (nSPS) is 10.8. The molecule has 1 rings (SSSR count). The van der Waals surface area contributed by atoms with Crippen LogP contribution in [0.25, 0.3) is 0 Å². The van der Waals surface area contributed by atoms with Gasteiger partial charge in [-0.15, -0.1) is 0 Å². The summed E-state index contributed by atoms with van der Waals surface area (Å²) < 4.78 is 6.82. The van der Waals surface area contributed by atoms with Crippen LogP contribution in [-0.4, -0.2) is 40.3 Å². The highest BCUT2D eigenvalue weighted by Gasteiger charge is 2.11. The molecule has 5 heteroatoms. The third-order valence-corrected chi connectivity index (χ3v) is 2.52. The maximum atomic E-state index is 11.4. The lowest BCUT2D eigenvalue weighted by atomic mass is 10.3. The standard InChI is InChI=1S/C12H21N3O2/c1-4-14(10-12(16)17-6-3)8-11-7-13-15(5-2)9-11/h7,9H,4-6,8,10H2,1-3H3. The van der Waals surface area contributed by atoms with Gasteiger partial charge in [0.25, 0.3) is 0 Å². The van der Waals surface area contributed by atoms with E-state index in [9.17, 15) is 4.79 Å². The molecule has 0 aliphatic heterocycles. The van der Waals surface area contributed by atoms with Gasteiger partial charge < -0.3 is 4.74 Å². The van der Waals surface area contributed by atoms with Crippen molar-refractivity contribution in [3.8, 4) is 0 Å². The van der Waals surface area contributed by atoms with E-state index in [0.717, 1.165) is 25.2 Å².